The molecule has 0 aliphatic rings. The number of para-hydroxylation sites is 1. The van der Waals surface area contributed by atoms with Gasteiger partial charge in [-0.05, 0) is 49.1 Å². The first-order valence-electron chi connectivity index (χ1n) is 8.69. The van der Waals surface area contributed by atoms with Crippen molar-refractivity contribution in [3.05, 3.63) is 76.1 Å². The quantitative estimate of drug-likeness (QED) is 0.642. The van der Waals surface area contributed by atoms with E-state index in [2.05, 4.69) is 10.3 Å². The highest BCUT2D eigenvalue weighted by Gasteiger charge is 2.06. The lowest BCUT2D eigenvalue weighted by atomic mass is 10.1. The van der Waals surface area contributed by atoms with Crippen LogP contribution in [-0.2, 0) is 11.3 Å². The molecule has 0 aliphatic carbocycles. The summed E-state index contributed by atoms with van der Waals surface area (Å²) in [5.74, 6) is 0.705. The Hall–Kier alpha value is -3.08. The van der Waals surface area contributed by atoms with Gasteiger partial charge in [-0.1, -0.05) is 29.8 Å². The van der Waals surface area contributed by atoms with E-state index >= 15 is 0 Å². The van der Waals surface area contributed by atoms with Gasteiger partial charge in [0.25, 0.3) is 5.56 Å². The zero-order chi connectivity index (χ0) is 18.4. The Kier molecular flexibility index (Phi) is 5.69. The number of amides is 1. The molecule has 1 heterocycles. The van der Waals surface area contributed by atoms with Gasteiger partial charge in [-0.15, -0.1) is 0 Å². The Bertz CT molecular complexity index is 948. The third-order valence-corrected chi connectivity index (χ3v) is 4.11. The molecule has 0 saturated carbocycles. The van der Waals surface area contributed by atoms with Crippen LogP contribution in [0.2, 0.25) is 0 Å². The van der Waals surface area contributed by atoms with Gasteiger partial charge < -0.3 is 15.0 Å². The second-order valence-corrected chi connectivity index (χ2v) is 6.26. The number of fused-ring (bicyclic) bond motifs is 1. The molecule has 0 unspecified atom stereocenters. The Labute approximate surface area is 152 Å². The minimum atomic E-state index is -0.172. The van der Waals surface area contributed by atoms with E-state index in [1.54, 1.807) is 0 Å². The molecule has 0 radical (unpaired) electrons. The minimum Gasteiger partial charge on any atom is -0.494 e. The third-order valence-electron chi connectivity index (χ3n) is 4.11. The van der Waals surface area contributed by atoms with E-state index in [1.807, 2.05) is 61.5 Å². The summed E-state index contributed by atoms with van der Waals surface area (Å²) in [6, 6.07) is 17.2. The highest BCUT2D eigenvalue weighted by atomic mass is 16.5. The summed E-state index contributed by atoms with van der Waals surface area (Å²) in [4.78, 5) is 27.0. The van der Waals surface area contributed by atoms with Crippen molar-refractivity contribution in [3.63, 3.8) is 0 Å². The van der Waals surface area contributed by atoms with Gasteiger partial charge in [-0.2, -0.15) is 0 Å². The number of pyridine rings is 1. The molecule has 134 valence electrons. The molecule has 1 aromatic heterocycles. The molecule has 0 atom stereocenters. The molecule has 0 fully saturated rings. The molecular formula is C21H22N2O3. The second kappa shape index (κ2) is 8.34. The first-order chi connectivity index (χ1) is 12.6. The topological polar surface area (TPSA) is 71.2 Å². The Morgan fingerprint density at radius 3 is 2.73 bits per heavy atom. The maximum Gasteiger partial charge on any atom is 0.253 e. The van der Waals surface area contributed by atoms with Gasteiger partial charge in [-0.25, -0.2) is 0 Å². The van der Waals surface area contributed by atoms with Crippen LogP contribution in [0.5, 0.6) is 5.75 Å². The van der Waals surface area contributed by atoms with Crippen molar-refractivity contribution in [2.75, 3.05) is 6.61 Å². The van der Waals surface area contributed by atoms with Gasteiger partial charge in [-0.3, -0.25) is 9.59 Å². The molecule has 0 bridgehead atoms. The van der Waals surface area contributed by atoms with E-state index in [0.29, 0.717) is 25.0 Å². The van der Waals surface area contributed by atoms with Gasteiger partial charge in [0.1, 0.15) is 5.75 Å². The normalized spacial score (nSPS) is 10.7. The van der Waals surface area contributed by atoms with Crippen LogP contribution in [0.1, 0.15) is 24.0 Å². The second-order valence-electron chi connectivity index (χ2n) is 6.26. The molecule has 0 aliphatic heterocycles. The molecule has 3 aromatic rings. The summed E-state index contributed by atoms with van der Waals surface area (Å²) in [7, 11) is 0. The average Bonchev–Trinajstić information content (AvgIpc) is 2.65. The van der Waals surface area contributed by atoms with Crippen LogP contribution < -0.4 is 15.6 Å². The summed E-state index contributed by atoms with van der Waals surface area (Å²) in [6.45, 7) is 2.70. The van der Waals surface area contributed by atoms with Crippen LogP contribution in [0.15, 0.2) is 59.4 Å². The van der Waals surface area contributed by atoms with Crippen molar-refractivity contribution in [2.45, 2.75) is 26.3 Å². The highest BCUT2D eigenvalue weighted by molar-refractivity contribution is 5.80. The molecule has 26 heavy (non-hydrogen) atoms. The van der Waals surface area contributed by atoms with Crippen LogP contribution in [0.25, 0.3) is 10.9 Å². The van der Waals surface area contributed by atoms with E-state index in [4.69, 9.17) is 4.74 Å². The number of carbonyl (C=O) groups excluding carboxylic acids is 1. The first-order valence-corrected chi connectivity index (χ1v) is 8.69. The number of carbonyl (C=O) groups is 1. The summed E-state index contributed by atoms with van der Waals surface area (Å²) >= 11 is 0. The molecule has 3 rings (SSSR count). The van der Waals surface area contributed by atoms with Crippen LogP contribution in [-0.4, -0.2) is 17.5 Å². The van der Waals surface area contributed by atoms with Crippen molar-refractivity contribution in [3.8, 4) is 5.75 Å². The SMILES string of the molecule is Cc1ccc2[nH]c(=O)c(CNC(=O)CCCOc3ccccc3)cc2c1. The Morgan fingerprint density at radius 2 is 1.92 bits per heavy atom. The van der Waals surface area contributed by atoms with E-state index < -0.39 is 0 Å². The molecule has 5 nitrogen and oxygen atoms in total. The van der Waals surface area contributed by atoms with Crippen LogP contribution in [0, 0.1) is 6.92 Å². The number of nitrogens with one attached hydrogen (secondary N) is 2. The van der Waals surface area contributed by atoms with Gasteiger partial charge in [0.05, 0.1) is 6.61 Å². The lowest BCUT2D eigenvalue weighted by molar-refractivity contribution is -0.121. The predicted octanol–water partition coefficient (Wildman–Crippen LogP) is 3.31. The number of ether oxygens (including phenoxy) is 1. The van der Waals surface area contributed by atoms with Gasteiger partial charge >= 0.3 is 0 Å². The van der Waals surface area contributed by atoms with Crippen molar-refractivity contribution in [1.82, 2.24) is 10.3 Å². The fourth-order valence-electron chi connectivity index (χ4n) is 2.72. The highest BCUT2D eigenvalue weighted by Crippen LogP contribution is 2.13. The summed E-state index contributed by atoms with van der Waals surface area (Å²) in [5, 5.41) is 3.77. The molecule has 2 N–H and O–H groups in total. The minimum absolute atomic E-state index is 0.0922. The largest absolute Gasteiger partial charge is 0.494 e. The van der Waals surface area contributed by atoms with Crippen LogP contribution >= 0.6 is 0 Å². The van der Waals surface area contributed by atoms with Gasteiger partial charge in [0.15, 0.2) is 0 Å². The Morgan fingerprint density at radius 1 is 1.12 bits per heavy atom. The van der Waals surface area contributed by atoms with Crippen molar-refractivity contribution >= 4 is 16.8 Å². The first kappa shape index (κ1) is 17.7. The lowest BCUT2D eigenvalue weighted by Crippen LogP contribution is -2.26. The molecule has 2 aromatic carbocycles. The lowest BCUT2D eigenvalue weighted by Gasteiger charge is -2.08. The fourth-order valence-corrected chi connectivity index (χ4v) is 2.72. The van der Waals surface area contributed by atoms with Crippen molar-refractivity contribution in [1.29, 1.82) is 0 Å². The van der Waals surface area contributed by atoms with E-state index in [0.717, 1.165) is 22.2 Å². The zero-order valence-corrected chi connectivity index (χ0v) is 14.7. The molecular weight excluding hydrogens is 328 g/mol. The van der Waals surface area contributed by atoms with Gasteiger partial charge in [0, 0.05) is 24.0 Å². The molecule has 0 saturated heterocycles. The maximum absolute atomic E-state index is 12.1. The van der Waals surface area contributed by atoms with Crippen molar-refractivity contribution < 1.29 is 9.53 Å². The summed E-state index contributed by atoms with van der Waals surface area (Å²) in [5.41, 5.74) is 2.30. The maximum atomic E-state index is 12.1. The van der Waals surface area contributed by atoms with Crippen molar-refractivity contribution in [2.24, 2.45) is 0 Å². The van der Waals surface area contributed by atoms with Crippen LogP contribution in [0.3, 0.4) is 0 Å². The zero-order valence-electron chi connectivity index (χ0n) is 14.7. The van der Waals surface area contributed by atoms with Gasteiger partial charge in [0.2, 0.25) is 5.91 Å². The number of aromatic nitrogens is 1. The van der Waals surface area contributed by atoms with E-state index in [-0.39, 0.29) is 18.0 Å². The van der Waals surface area contributed by atoms with Crippen LogP contribution in [0.4, 0.5) is 0 Å². The molecule has 0 spiro atoms. The standard InChI is InChI=1S/C21H22N2O3/c1-15-9-10-19-16(12-15)13-17(21(25)23-19)14-22-20(24)8-5-11-26-18-6-3-2-4-7-18/h2-4,6-7,9-10,12-13H,5,8,11,14H2,1H3,(H,22,24)(H,23,25). The predicted molar refractivity (Wildman–Crippen MR) is 102 cm³/mol. The number of H-pyrrole nitrogens is 1. The smallest absolute Gasteiger partial charge is 0.253 e. The third kappa shape index (κ3) is 4.72. The number of aryl methyl sites for hydroxylation is 1. The number of aromatic amines is 1. The summed E-state index contributed by atoms with van der Waals surface area (Å²) < 4.78 is 5.56. The fraction of sp³-hybridized carbons (Fsp3) is 0.238. The molecule has 5 heteroatoms. The number of benzene rings is 2. The number of hydrogen-bond donors (Lipinski definition) is 2. The summed E-state index contributed by atoms with van der Waals surface area (Å²) in [6.07, 6.45) is 0.978. The number of hydrogen-bond acceptors (Lipinski definition) is 3. The van der Waals surface area contributed by atoms with E-state index in [1.165, 1.54) is 0 Å². The number of rotatable bonds is 7. The molecule has 1 amide bonds. The monoisotopic (exact) mass is 350 g/mol. The Balaban J connectivity index is 1.49. The van der Waals surface area contributed by atoms with E-state index in [9.17, 15) is 9.59 Å². The average molecular weight is 350 g/mol.